The normalized spacial score (nSPS) is 16.8. The minimum Gasteiger partial charge on any atom is -0.379 e. The van der Waals surface area contributed by atoms with Crippen LogP contribution in [-0.4, -0.2) is 86.3 Å². The molecule has 11 nitrogen and oxygen atoms in total. The fourth-order valence-corrected chi connectivity index (χ4v) is 6.41. The highest BCUT2D eigenvalue weighted by atomic mass is 32.1. The maximum Gasteiger partial charge on any atom is 0.268 e. The number of hydrogen-bond acceptors (Lipinski definition) is 8. The number of aromatic amines is 1. The number of morpholine rings is 1. The van der Waals surface area contributed by atoms with Gasteiger partial charge in [0.05, 0.1) is 35.3 Å². The molecule has 2 aliphatic rings. The van der Waals surface area contributed by atoms with E-state index in [4.69, 9.17) is 9.72 Å². The predicted molar refractivity (Wildman–Crippen MR) is 160 cm³/mol. The van der Waals surface area contributed by atoms with Crippen molar-refractivity contribution in [3.8, 4) is 16.5 Å². The smallest absolute Gasteiger partial charge is 0.268 e. The first-order valence-corrected chi connectivity index (χ1v) is 14.7. The molecule has 42 heavy (non-hydrogen) atoms. The minimum absolute atomic E-state index is 0.156. The molecule has 0 atom stereocenters. The fourth-order valence-electron chi connectivity index (χ4n) is 5.53. The van der Waals surface area contributed by atoms with Crippen molar-refractivity contribution in [2.24, 2.45) is 5.92 Å². The summed E-state index contributed by atoms with van der Waals surface area (Å²) >= 11 is 1.39. The molecule has 1 aromatic carbocycles. The van der Waals surface area contributed by atoms with E-state index in [0.29, 0.717) is 43.7 Å². The van der Waals surface area contributed by atoms with Crippen LogP contribution in [0, 0.1) is 17.2 Å². The van der Waals surface area contributed by atoms with Gasteiger partial charge in [0.15, 0.2) is 0 Å². The van der Waals surface area contributed by atoms with Gasteiger partial charge in [-0.2, -0.15) is 10.4 Å². The van der Waals surface area contributed by atoms with Crippen molar-refractivity contribution in [1.29, 1.82) is 5.26 Å². The number of imidazole rings is 1. The Morgan fingerprint density at radius 2 is 2.00 bits per heavy atom. The number of carbonyl (C=O) groups is 2. The van der Waals surface area contributed by atoms with Gasteiger partial charge in [-0.15, -0.1) is 11.3 Å². The molecule has 5 heterocycles. The molecule has 0 unspecified atom stereocenters. The van der Waals surface area contributed by atoms with E-state index in [2.05, 4.69) is 26.5 Å². The number of nitrogens with one attached hydrogen (secondary N) is 2. The molecule has 12 heteroatoms. The summed E-state index contributed by atoms with van der Waals surface area (Å²) < 4.78 is 7.46. The third kappa shape index (κ3) is 5.59. The lowest BCUT2D eigenvalue weighted by Gasteiger charge is -2.41. The third-order valence-electron chi connectivity index (χ3n) is 7.85. The van der Waals surface area contributed by atoms with Crippen LogP contribution in [0.15, 0.2) is 60.4 Å². The summed E-state index contributed by atoms with van der Waals surface area (Å²) in [6.45, 7) is 8.49. The van der Waals surface area contributed by atoms with Gasteiger partial charge in [0.2, 0.25) is 5.95 Å². The van der Waals surface area contributed by atoms with Crippen LogP contribution < -0.4 is 5.32 Å². The topological polar surface area (TPSA) is 132 Å². The number of H-pyrrole nitrogens is 1. The van der Waals surface area contributed by atoms with Gasteiger partial charge in [-0.3, -0.25) is 24.9 Å². The standard InChI is InChI=1S/C30H32N8O3S/c1-30(2,37-9-11-41-12-10-37)13-21(14-31)28(40)36-17-20(18-36)19-38-24-6-4-3-5-23(24)34-29(38)35-27(39)26-8-7-25(42-26)22-15-32-33-16-22/h3-8,13,15-16,20H,9-12,17-19H2,1-2H3,(H,32,33)(H,34,35,39)/b21-13+. The van der Waals surface area contributed by atoms with E-state index in [1.165, 1.54) is 11.3 Å². The van der Waals surface area contributed by atoms with Crippen molar-refractivity contribution < 1.29 is 14.3 Å². The second-order valence-electron chi connectivity index (χ2n) is 11.1. The van der Waals surface area contributed by atoms with Crippen LogP contribution in [0.4, 0.5) is 5.95 Å². The summed E-state index contributed by atoms with van der Waals surface area (Å²) in [6.07, 6.45) is 5.30. The van der Waals surface area contributed by atoms with Gasteiger partial charge in [0, 0.05) is 60.8 Å². The van der Waals surface area contributed by atoms with E-state index in [0.717, 1.165) is 34.6 Å². The number of ether oxygens (including phenoxy) is 1. The molecule has 2 fully saturated rings. The molecule has 6 rings (SSSR count). The van der Waals surface area contributed by atoms with E-state index < -0.39 is 5.54 Å². The van der Waals surface area contributed by atoms with Gasteiger partial charge < -0.3 is 14.2 Å². The van der Waals surface area contributed by atoms with E-state index in [1.807, 2.05) is 48.7 Å². The fraction of sp³-hybridized carbons (Fsp3) is 0.367. The largest absolute Gasteiger partial charge is 0.379 e. The molecule has 2 amide bonds. The molecule has 0 bridgehead atoms. The Bertz CT molecular complexity index is 1670. The Labute approximate surface area is 247 Å². The highest BCUT2D eigenvalue weighted by Gasteiger charge is 2.35. The lowest BCUT2D eigenvalue weighted by Crippen LogP contribution is -2.52. The lowest BCUT2D eigenvalue weighted by molar-refractivity contribution is -0.133. The van der Waals surface area contributed by atoms with Crippen LogP contribution >= 0.6 is 11.3 Å². The van der Waals surface area contributed by atoms with Gasteiger partial charge in [-0.1, -0.05) is 12.1 Å². The van der Waals surface area contributed by atoms with E-state index in [9.17, 15) is 14.9 Å². The second kappa shape index (κ2) is 11.5. The summed E-state index contributed by atoms with van der Waals surface area (Å²) in [4.78, 5) is 36.6. The first-order chi connectivity index (χ1) is 20.3. The third-order valence-corrected chi connectivity index (χ3v) is 8.99. The summed E-state index contributed by atoms with van der Waals surface area (Å²) in [5.74, 6) is 0.145. The number of hydrogen-bond donors (Lipinski definition) is 2. The molecule has 2 aliphatic heterocycles. The molecular weight excluding hydrogens is 552 g/mol. The number of nitriles is 1. The van der Waals surface area contributed by atoms with Crippen molar-refractivity contribution in [3.63, 3.8) is 0 Å². The van der Waals surface area contributed by atoms with Crippen LogP contribution in [0.1, 0.15) is 23.5 Å². The number of thiophene rings is 1. The SMILES string of the molecule is CC(C)(/C=C(\C#N)C(=O)N1CC(Cn2c(NC(=O)c3ccc(-c4cn[nH]c4)s3)nc3ccccc32)C1)N1CCOCC1. The number of anilines is 1. The molecule has 4 aromatic rings. The highest BCUT2D eigenvalue weighted by molar-refractivity contribution is 7.17. The molecule has 2 saturated heterocycles. The average molecular weight is 585 g/mol. The predicted octanol–water partition coefficient (Wildman–Crippen LogP) is 3.76. The number of amides is 2. The van der Waals surface area contributed by atoms with Gasteiger partial charge >= 0.3 is 0 Å². The van der Waals surface area contributed by atoms with E-state index in [1.54, 1.807) is 29.4 Å². The zero-order valence-corrected chi connectivity index (χ0v) is 24.4. The van der Waals surface area contributed by atoms with E-state index in [-0.39, 0.29) is 23.3 Å². The van der Waals surface area contributed by atoms with Crippen molar-refractivity contribution in [3.05, 3.63) is 65.3 Å². The average Bonchev–Trinajstić information content (AvgIpc) is 3.74. The van der Waals surface area contributed by atoms with Gasteiger partial charge in [-0.25, -0.2) is 4.98 Å². The number of benzene rings is 1. The van der Waals surface area contributed by atoms with Crippen molar-refractivity contribution in [2.75, 3.05) is 44.7 Å². The van der Waals surface area contributed by atoms with Crippen LogP contribution in [0.2, 0.25) is 0 Å². The number of carbonyl (C=O) groups excluding carboxylic acids is 2. The summed E-state index contributed by atoms with van der Waals surface area (Å²) in [5, 5.41) is 19.6. The van der Waals surface area contributed by atoms with Crippen LogP contribution in [0.3, 0.4) is 0 Å². The highest BCUT2D eigenvalue weighted by Crippen LogP contribution is 2.30. The first-order valence-electron chi connectivity index (χ1n) is 13.9. The molecule has 0 aliphatic carbocycles. The van der Waals surface area contributed by atoms with Gasteiger partial charge in [0.1, 0.15) is 11.6 Å². The quantitative estimate of drug-likeness (QED) is 0.238. The maximum atomic E-state index is 13.2. The Hall–Kier alpha value is -4.31. The molecule has 2 N–H and O–H groups in total. The molecule has 0 saturated carbocycles. The minimum atomic E-state index is -0.431. The lowest BCUT2D eigenvalue weighted by atomic mass is 9.95. The van der Waals surface area contributed by atoms with Crippen LogP contribution in [-0.2, 0) is 16.1 Å². The van der Waals surface area contributed by atoms with Gasteiger partial charge in [-0.05, 0) is 44.2 Å². The Balaban J connectivity index is 1.14. The van der Waals surface area contributed by atoms with Crippen LogP contribution in [0.25, 0.3) is 21.5 Å². The zero-order valence-electron chi connectivity index (χ0n) is 23.5. The molecular formula is C30H32N8O3S. The zero-order chi connectivity index (χ0) is 29.3. The van der Waals surface area contributed by atoms with Crippen molar-refractivity contribution in [1.82, 2.24) is 29.5 Å². The van der Waals surface area contributed by atoms with Crippen molar-refractivity contribution in [2.45, 2.75) is 25.9 Å². The Morgan fingerprint density at radius 3 is 2.74 bits per heavy atom. The number of aromatic nitrogens is 4. The number of likely N-dealkylation sites (tertiary alicyclic amines) is 1. The second-order valence-corrected chi connectivity index (χ2v) is 12.2. The number of para-hydroxylation sites is 2. The Morgan fingerprint density at radius 1 is 1.21 bits per heavy atom. The number of nitrogens with zero attached hydrogens (tertiary/aromatic N) is 6. The summed E-state index contributed by atoms with van der Waals surface area (Å²) in [6, 6.07) is 13.6. The van der Waals surface area contributed by atoms with E-state index >= 15 is 0 Å². The maximum absolute atomic E-state index is 13.2. The number of rotatable bonds is 8. The summed E-state index contributed by atoms with van der Waals surface area (Å²) in [5.41, 5.74) is 2.35. The summed E-state index contributed by atoms with van der Waals surface area (Å²) in [7, 11) is 0. The monoisotopic (exact) mass is 584 g/mol. The molecule has 0 radical (unpaired) electrons. The van der Waals surface area contributed by atoms with Crippen LogP contribution in [0.5, 0.6) is 0 Å². The number of fused-ring (bicyclic) bond motifs is 1. The van der Waals surface area contributed by atoms with Gasteiger partial charge in [0.25, 0.3) is 11.8 Å². The first kappa shape index (κ1) is 27.8. The molecule has 216 valence electrons. The van der Waals surface area contributed by atoms with Crippen molar-refractivity contribution >= 4 is 40.1 Å². The Kier molecular flexibility index (Phi) is 7.64. The molecule has 3 aromatic heterocycles. The molecule has 0 spiro atoms.